The van der Waals surface area contributed by atoms with Gasteiger partial charge in [0.05, 0.1) is 16.3 Å². The van der Waals surface area contributed by atoms with Crippen LogP contribution in [0.4, 0.5) is 5.69 Å². The third kappa shape index (κ3) is 4.68. The minimum Gasteiger partial charge on any atom is -0.482 e. The lowest BCUT2D eigenvalue weighted by Crippen LogP contribution is -2.26. The van der Waals surface area contributed by atoms with Gasteiger partial charge in [-0.15, -0.1) is 0 Å². The average molecular weight is 473 g/mol. The molecule has 0 aliphatic carbocycles. The topological polar surface area (TPSA) is 111 Å². The van der Waals surface area contributed by atoms with Crippen molar-refractivity contribution in [3.63, 3.8) is 0 Å². The van der Waals surface area contributed by atoms with E-state index < -0.39 is 16.0 Å². The number of benzene rings is 3. The van der Waals surface area contributed by atoms with Crippen LogP contribution < -0.4 is 19.6 Å². The van der Waals surface area contributed by atoms with Crippen molar-refractivity contribution in [2.24, 2.45) is 0 Å². The van der Waals surface area contributed by atoms with E-state index in [-0.39, 0.29) is 51.7 Å². The van der Waals surface area contributed by atoms with Crippen LogP contribution in [0.1, 0.15) is 15.9 Å². The van der Waals surface area contributed by atoms with Crippen LogP contribution >= 0.6 is 11.6 Å². The fraction of sp³-hybridized carbons (Fsp3) is 0.0909. The molecule has 0 radical (unpaired) electrons. The number of ether oxygens (including phenoxy) is 1. The molecule has 2 N–H and O–H groups in total. The van der Waals surface area contributed by atoms with Crippen molar-refractivity contribution in [3.8, 4) is 11.5 Å². The summed E-state index contributed by atoms with van der Waals surface area (Å²) in [6, 6.07) is 17.7. The minimum absolute atomic E-state index is 0.0459. The van der Waals surface area contributed by atoms with Gasteiger partial charge in [0.2, 0.25) is 0 Å². The fourth-order valence-corrected chi connectivity index (χ4v) is 4.50. The minimum atomic E-state index is -4.42. The maximum Gasteiger partial charge on any atom is 0.340 e. The normalized spacial score (nSPS) is 12.8. The molecule has 0 atom stereocenters. The van der Waals surface area contributed by atoms with Gasteiger partial charge in [-0.3, -0.25) is 9.59 Å². The van der Waals surface area contributed by atoms with Crippen LogP contribution in [0.5, 0.6) is 11.5 Å². The number of halogens is 1. The number of para-hydroxylation sites is 1. The van der Waals surface area contributed by atoms with E-state index in [0.717, 1.165) is 5.56 Å². The summed E-state index contributed by atoms with van der Waals surface area (Å²) in [6.07, 6.45) is 0. The highest BCUT2D eigenvalue weighted by Gasteiger charge is 2.27. The van der Waals surface area contributed by atoms with Gasteiger partial charge in [-0.2, -0.15) is 8.42 Å². The van der Waals surface area contributed by atoms with Gasteiger partial charge in [0.25, 0.3) is 11.8 Å². The van der Waals surface area contributed by atoms with Crippen LogP contribution in [0.15, 0.2) is 71.6 Å². The quantitative estimate of drug-likeness (QED) is 0.532. The van der Waals surface area contributed by atoms with E-state index in [1.165, 1.54) is 24.3 Å². The number of fused-ring (bicyclic) bond motifs is 1. The Morgan fingerprint density at radius 1 is 1.09 bits per heavy atom. The van der Waals surface area contributed by atoms with Gasteiger partial charge in [-0.05, 0) is 23.8 Å². The predicted molar refractivity (Wildman–Crippen MR) is 117 cm³/mol. The molecule has 1 aliphatic rings. The maximum absolute atomic E-state index is 12.9. The first kappa shape index (κ1) is 21.7. The molecule has 0 bridgehead atoms. The molecule has 0 unspecified atom stereocenters. The first-order valence-corrected chi connectivity index (χ1v) is 11.2. The Morgan fingerprint density at radius 3 is 2.59 bits per heavy atom. The van der Waals surface area contributed by atoms with Gasteiger partial charge >= 0.3 is 10.1 Å². The van der Waals surface area contributed by atoms with Gasteiger partial charge in [0, 0.05) is 12.6 Å². The molecule has 0 spiro atoms. The Balaban J connectivity index is 1.58. The predicted octanol–water partition coefficient (Wildman–Crippen LogP) is 3.37. The molecule has 0 saturated carbocycles. The molecule has 0 saturated heterocycles. The van der Waals surface area contributed by atoms with E-state index in [9.17, 15) is 18.0 Å². The summed E-state index contributed by atoms with van der Waals surface area (Å²) in [5.41, 5.74) is 1.19. The molecule has 3 aromatic rings. The van der Waals surface area contributed by atoms with Crippen molar-refractivity contribution in [1.29, 1.82) is 0 Å². The van der Waals surface area contributed by atoms with Gasteiger partial charge < -0.3 is 19.6 Å². The van der Waals surface area contributed by atoms with Crippen LogP contribution in [0, 0.1) is 0 Å². The lowest BCUT2D eigenvalue weighted by atomic mass is 10.1. The van der Waals surface area contributed by atoms with Crippen LogP contribution in [-0.4, -0.2) is 26.8 Å². The Bertz CT molecular complexity index is 1300. The average Bonchev–Trinajstić information content (AvgIpc) is 2.77. The van der Waals surface area contributed by atoms with Crippen molar-refractivity contribution in [1.82, 2.24) is 5.32 Å². The molecule has 0 fully saturated rings. The lowest BCUT2D eigenvalue weighted by Gasteiger charge is -2.19. The van der Waals surface area contributed by atoms with Gasteiger partial charge in [-0.25, -0.2) is 0 Å². The molecular formula is C22H17ClN2O6S. The first-order valence-electron chi connectivity index (χ1n) is 9.45. The molecular weight excluding hydrogens is 456 g/mol. The first-order chi connectivity index (χ1) is 15.3. The molecule has 3 aromatic carbocycles. The summed E-state index contributed by atoms with van der Waals surface area (Å²) < 4.78 is 36.4. The number of rotatable bonds is 6. The van der Waals surface area contributed by atoms with Gasteiger partial charge in [-0.1, -0.05) is 54.1 Å². The molecule has 4 rings (SSSR count). The number of hydrogen-bond donors (Lipinski definition) is 2. The van der Waals surface area contributed by atoms with E-state index in [1.807, 2.05) is 30.3 Å². The van der Waals surface area contributed by atoms with E-state index in [1.54, 1.807) is 12.1 Å². The summed E-state index contributed by atoms with van der Waals surface area (Å²) in [4.78, 5) is 23.8. The molecule has 1 aliphatic heterocycles. The zero-order chi connectivity index (χ0) is 22.7. The van der Waals surface area contributed by atoms with Crippen LogP contribution in [0.25, 0.3) is 0 Å². The third-order valence-electron chi connectivity index (χ3n) is 4.56. The van der Waals surface area contributed by atoms with Crippen molar-refractivity contribution < 1.29 is 26.9 Å². The number of carbonyl (C=O) groups excluding carboxylic acids is 2. The van der Waals surface area contributed by atoms with E-state index in [0.29, 0.717) is 0 Å². The highest BCUT2D eigenvalue weighted by atomic mass is 35.5. The van der Waals surface area contributed by atoms with Crippen molar-refractivity contribution in [2.45, 2.75) is 11.4 Å². The van der Waals surface area contributed by atoms with Crippen LogP contribution in [0.3, 0.4) is 0 Å². The van der Waals surface area contributed by atoms with Crippen molar-refractivity contribution in [2.75, 3.05) is 11.9 Å². The monoisotopic (exact) mass is 472 g/mol. The SMILES string of the molecule is O=C1COc2cc(S(=O)(=O)Oc3ccccc3C(=O)NCc3ccccc3)c(Cl)cc2N1. The second-order valence-electron chi connectivity index (χ2n) is 6.82. The van der Waals surface area contributed by atoms with Crippen LogP contribution in [-0.2, 0) is 21.5 Å². The molecule has 8 nitrogen and oxygen atoms in total. The standard InChI is InChI=1S/C22H17ClN2O6S/c23-16-10-17-19(30-13-21(26)25-17)11-20(16)32(28,29)31-18-9-5-4-8-15(18)22(27)24-12-14-6-2-1-3-7-14/h1-11H,12-13H2,(H,24,27)(H,25,26). The largest absolute Gasteiger partial charge is 0.482 e. The third-order valence-corrected chi connectivity index (χ3v) is 6.26. The molecule has 0 aromatic heterocycles. The smallest absolute Gasteiger partial charge is 0.340 e. The highest BCUT2D eigenvalue weighted by molar-refractivity contribution is 7.87. The summed E-state index contributed by atoms with van der Waals surface area (Å²) in [7, 11) is -4.42. The molecule has 10 heteroatoms. The molecule has 164 valence electrons. The summed E-state index contributed by atoms with van der Waals surface area (Å²) in [5, 5.41) is 5.12. The molecule has 1 heterocycles. The Morgan fingerprint density at radius 2 is 1.81 bits per heavy atom. The summed E-state index contributed by atoms with van der Waals surface area (Å²) >= 11 is 6.13. The number of nitrogens with one attached hydrogen (secondary N) is 2. The van der Waals surface area contributed by atoms with Gasteiger partial charge in [0.1, 0.15) is 10.6 Å². The van der Waals surface area contributed by atoms with Crippen molar-refractivity contribution >= 4 is 39.2 Å². The van der Waals surface area contributed by atoms with Crippen molar-refractivity contribution in [3.05, 3.63) is 82.9 Å². The zero-order valence-corrected chi connectivity index (χ0v) is 18.1. The highest BCUT2D eigenvalue weighted by Crippen LogP contribution is 2.37. The summed E-state index contributed by atoms with van der Waals surface area (Å²) in [5.74, 6) is -0.885. The molecule has 32 heavy (non-hydrogen) atoms. The van der Waals surface area contributed by atoms with E-state index in [4.69, 9.17) is 20.5 Å². The number of carbonyl (C=O) groups is 2. The second kappa shape index (κ2) is 8.89. The Labute approximate surface area is 189 Å². The number of hydrogen-bond acceptors (Lipinski definition) is 6. The fourth-order valence-electron chi connectivity index (χ4n) is 3.04. The maximum atomic E-state index is 12.9. The second-order valence-corrected chi connectivity index (χ2v) is 8.74. The lowest BCUT2D eigenvalue weighted by molar-refractivity contribution is -0.118. The Hall–Kier alpha value is -3.56. The number of anilines is 1. The van der Waals surface area contributed by atoms with E-state index in [2.05, 4.69) is 10.6 Å². The van der Waals surface area contributed by atoms with Crippen LogP contribution in [0.2, 0.25) is 5.02 Å². The van der Waals surface area contributed by atoms with Gasteiger partial charge in [0.15, 0.2) is 12.4 Å². The van der Waals surface area contributed by atoms with E-state index >= 15 is 0 Å². The molecule has 2 amide bonds. The number of amides is 2. The Kier molecular flexibility index (Phi) is 6.02. The summed E-state index contributed by atoms with van der Waals surface area (Å²) in [6.45, 7) is 0.0138. The zero-order valence-electron chi connectivity index (χ0n) is 16.5.